The first kappa shape index (κ1) is 19.2. The molecular weight excluding hydrogens is 278 g/mol. The third-order valence-corrected chi connectivity index (χ3v) is 3.67. The Hall–Kier alpha value is -0.810. The lowest BCUT2D eigenvalue weighted by atomic mass is 10.00. The van der Waals surface area contributed by atoms with Crippen molar-refractivity contribution in [3.05, 3.63) is 0 Å². The number of carbonyl (C=O) groups is 2. The third kappa shape index (κ3) is 7.10. The molecular formula is C14H28ClN3O2. The highest BCUT2D eigenvalue weighted by molar-refractivity contribution is 5.85. The summed E-state index contributed by atoms with van der Waals surface area (Å²) < 4.78 is 0. The molecule has 1 aliphatic rings. The summed E-state index contributed by atoms with van der Waals surface area (Å²) in [6, 6.07) is 0. The Balaban J connectivity index is 0.00000361. The van der Waals surface area contributed by atoms with Crippen molar-refractivity contribution in [1.29, 1.82) is 0 Å². The molecule has 5 nitrogen and oxygen atoms in total. The lowest BCUT2D eigenvalue weighted by Crippen LogP contribution is -2.38. The third-order valence-electron chi connectivity index (χ3n) is 3.67. The fourth-order valence-electron chi connectivity index (χ4n) is 2.40. The maximum absolute atomic E-state index is 11.8. The van der Waals surface area contributed by atoms with Crippen molar-refractivity contribution in [3.8, 4) is 0 Å². The van der Waals surface area contributed by atoms with Gasteiger partial charge in [0.25, 0.3) is 0 Å². The maximum Gasteiger partial charge on any atom is 0.223 e. The number of piperidine rings is 1. The van der Waals surface area contributed by atoms with Gasteiger partial charge in [-0.25, -0.2) is 0 Å². The van der Waals surface area contributed by atoms with Crippen LogP contribution in [0.3, 0.4) is 0 Å². The average molecular weight is 306 g/mol. The average Bonchev–Trinajstić information content (AvgIpc) is 2.45. The first-order valence-electron chi connectivity index (χ1n) is 7.42. The van der Waals surface area contributed by atoms with E-state index >= 15 is 0 Å². The van der Waals surface area contributed by atoms with E-state index in [2.05, 4.69) is 10.6 Å². The molecule has 6 heteroatoms. The Kier molecular flexibility index (Phi) is 10.5. The summed E-state index contributed by atoms with van der Waals surface area (Å²) in [4.78, 5) is 25.2. The van der Waals surface area contributed by atoms with E-state index in [4.69, 9.17) is 0 Å². The quantitative estimate of drug-likeness (QED) is 0.742. The highest BCUT2D eigenvalue weighted by atomic mass is 35.5. The van der Waals surface area contributed by atoms with Crippen molar-refractivity contribution in [2.75, 3.05) is 32.7 Å². The van der Waals surface area contributed by atoms with E-state index in [0.717, 1.165) is 19.6 Å². The van der Waals surface area contributed by atoms with Gasteiger partial charge in [-0.05, 0) is 45.7 Å². The molecule has 20 heavy (non-hydrogen) atoms. The van der Waals surface area contributed by atoms with Crippen molar-refractivity contribution >= 4 is 24.2 Å². The lowest BCUT2D eigenvalue weighted by molar-refractivity contribution is -0.133. The number of amides is 2. The molecule has 0 saturated carbocycles. The number of hydrogen-bond donors (Lipinski definition) is 2. The molecule has 1 saturated heterocycles. The Morgan fingerprint density at radius 1 is 1.25 bits per heavy atom. The number of nitrogens with one attached hydrogen (secondary N) is 2. The summed E-state index contributed by atoms with van der Waals surface area (Å²) in [5.74, 6) is 0.599. The van der Waals surface area contributed by atoms with Gasteiger partial charge in [-0.1, -0.05) is 0 Å². The molecule has 1 fully saturated rings. The standard InChI is InChI=1S/C14H27N3O2.ClH/c1-3-17(4-2)14(19)8-7-13(18)16-11-12-6-5-9-15-10-12;/h12,15H,3-11H2,1-2H3,(H,16,18);1H. The van der Waals surface area contributed by atoms with Gasteiger partial charge in [0.05, 0.1) is 0 Å². The molecule has 2 amide bonds. The van der Waals surface area contributed by atoms with E-state index in [0.29, 0.717) is 31.8 Å². The molecule has 0 radical (unpaired) electrons. The smallest absolute Gasteiger partial charge is 0.223 e. The molecule has 1 aliphatic heterocycles. The number of nitrogens with zero attached hydrogens (tertiary/aromatic N) is 1. The first-order chi connectivity index (χ1) is 9.17. The van der Waals surface area contributed by atoms with Crippen molar-refractivity contribution in [3.63, 3.8) is 0 Å². The minimum atomic E-state index is -0.00826. The zero-order valence-electron chi connectivity index (χ0n) is 12.6. The molecule has 2 N–H and O–H groups in total. The zero-order chi connectivity index (χ0) is 14.1. The van der Waals surface area contributed by atoms with E-state index in [9.17, 15) is 9.59 Å². The monoisotopic (exact) mass is 305 g/mol. The number of rotatable bonds is 7. The van der Waals surface area contributed by atoms with Gasteiger partial charge in [0, 0.05) is 32.5 Å². The van der Waals surface area contributed by atoms with Crippen LogP contribution in [0.4, 0.5) is 0 Å². The molecule has 0 bridgehead atoms. The van der Waals surface area contributed by atoms with E-state index < -0.39 is 0 Å². The fourth-order valence-corrected chi connectivity index (χ4v) is 2.40. The van der Waals surface area contributed by atoms with Gasteiger partial charge < -0.3 is 15.5 Å². The van der Waals surface area contributed by atoms with Gasteiger partial charge >= 0.3 is 0 Å². The van der Waals surface area contributed by atoms with Crippen LogP contribution in [0.2, 0.25) is 0 Å². The highest BCUT2D eigenvalue weighted by Gasteiger charge is 2.15. The maximum atomic E-state index is 11.8. The van der Waals surface area contributed by atoms with Crippen LogP contribution in [-0.4, -0.2) is 49.4 Å². The number of halogens is 1. The minimum absolute atomic E-state index is 0. The summed E-state index contributed by atoms with van der Waals surface area (Å²) in [6.45, 7) is 8.14. The van der Waals surface area contributed by atoms with Gasteiger partial charge in [-0.15, -0.1) is 12.4 Å². The second kappa shape index (κ2) is 10.9. The molecule has 1 atom stereocenters. The van der Waals surface area contributed by atoms with E-state index in [1.54, 1.807) is 4.90 Å². The fraction of sp³-hybridized carbons (Fsp3) is 0.857. The van der Waals surface area contributed by atoms with Crippen LogP contribution in [0, 0.1) is 5.92 Å². The Morgan fingerprint density at radius 2 is 1.95 bits per heavy atom. The Morgan fingerprint density at radius 3 is 2.50 bits per heavy atom. The molecule has 0 aliphatic carbocycles. The van der Waals surface area contributed by atoms with E-state index in [1.807, 2.05) is 13.8 Å². The molecule has 0 aromatic rings. The predicted molar refractivity (Wildman–Crippen MR) is 83.0 cm³/mol. The summed E-state index contributed by atoms with van der Waals surface area (Å²) >= 11 is 0. The Bertz CT molecular complexity index is 290. The second-order valence-electron chi connectivity index (χ2n) is 5.08. The summed E-state index contributed by atoms with van der Waals surface area (Å²) in [7, 11) is 0. The van der Waals surface area contributed by atoms with Gasteiger partial charge in [-0.2, -0.15) is 0 Å². The summed E-state index contributed by atoms with van der Waals surface area (Å²) in [5.41, 5.74) is 0. The van der Waals surface area contributed by atoms with Crippen LogP contribution in [0.5, 0.6) is 0 Å². The molecule has 118 valence electrons. The second-order valence-corrected chi connectivity index (χ2v) is 5.08. The van der Waals surface area contributed by atoms with Crippen molar-refractivity contribution < 1.29 is 9.59 Å². The Labute approximate surface area is 128 Å². The molecule has 1 unspecified atom stereocenters. The van der Waals surface area contributed by atoms with Crippen molar-refractivity contribution in [2.45, 2.75) is 39.5 Å². The molecule has 1 rings (SSSR count). The van der Waals surface area contributed by atoms with Crippen LogP contribution >= 0.6 is 12.4 Å². The predicted octanol–water partition coefficient (Wildman–Crippen LogP) is 1.17. The topological polar surface area (TPSA) is 61.4 Å². The number of carbonyl (C=O) groups excluding carboxylic acids is 2. The van der Waals surface area contributed by atoms with Crippen molar-refractivity contribution in [2.24, 2.45) is 5.92 Å². The normalized spacial score (nSPS) is 18.0. The van der Waals surface area contributed by atoms with Crippen molar-refractivity contribution in [1.82, 2.24) is 15.5 Å². The molecule has 0 aromatic carbocycles. The van der Waals surface area contributed by atoms with Gasteiger partial charge in [-0.3, -0.25) is 9.59 Å². The first-order valence-corrected chi connectivity index (χ1v) is 7.42. The van der Waals surface area contributed by atoms with Gasteiger partial charge in [0.2, 0.25) is 11.8 Å². The zero-order valence-corrected chi connectivity index (χ0v) is 13.4. The molecule has 0 aromatic heterocycles. The SMILES string of the molecule is CCN(CC)C(=O)CCC(=O)NCC1CCCNC1.Cl. The summed E-state index contributed by atoms with van der Waals surface area (Å²) in [5, 5.41) is 6.26. The van der Waals surface area contributed by atoms with Crippen LogP contribution in [-0.2, 0) is 9.59 Å². The van der Waals surface area contributed by atoms with Crippen LogP contribution in [0.25, 0.3) is 0 Å². The van der Waals surface area contributed by atoms with Crippen LogP contribution < -0.4 is 10.6 Å². The molecule has 0 spiro atoms. The van der Waals surface area contributed by atoms with Gasteiger partial charge in [0.1, 0.15) is 0 Å². The highest BCUT2D eigenvalue weighted by Crippen LogP contribution is 2.08. The number of hydrogen-bond acceptors (Lipinski definition) is 3. The largest absolute Gasteiger partial charge is 0.356 e. The van der Waals surface area contributed by atoms with E-state index in [-0.39, 0.29) is 24.2 Å². The van der Waals surface area contributed by atoms with Gasteiger partial charge in [0.15, 0.2) is 0 Å². The summed E-state index contributed by atoms with van der Waals surface area (Å²) in [6.07, 6.45) is 2.97. The van der Waals surface area contributed by atoms with E-state index in [1.165, 1.54) is 12.8 Å². The van der Waals surface area contributed by atoms with Crippen LogP contribution in [0.1, 0.15) is 39.5 Å². The molecule has 1 heterocycles. The van der Waals surface area contributed by atoms with Crippen LogP contribution in [0.15, 0.2) is 0 Å². The minimum Gasteiger partial charge on any atom is -0.356 e. The lowest BCUT2D eigenvalue weighted by Gasteiger charge is -2.23.